The van der Waals surface area contributed by atoms with Crippen LogP contribution in [0.15, 0.2) is 18.2 Å². The summed E-state index contributed by atoms with van der Waals surface area (Å²) >= 11 is 0. The van der Waals surface area contributed by atoms with E-state index in [0.29, 0.717) is 0 Å². The lowest BCUT2D eigenvalue weighted by Gasteiger charge is -2.32. The first kappa shape index (κ1) is 17.7. The Kier molecular flexibility index (Phi) is 4.21. The van der Waals surface area contributed by atoms with Crippen LogP contribution in [0, 0.1) is 0 Å². The average molecular weight is 346 g/mol. The number of carbonyl (C=O) groups is 1. The van der Waals surface area contributed by atoms with Crippen molar-refractivity contribution in [3.05, 3.63) is 23.8 Å². The van der Waals surface area contributed by atoms with Crippen LogP contribution in [0.25, 0.3) is 0 Å². The number of carboxylic acid groups (broad SMARTS) is 1. The summed E-state index contributed by atoms with van der Waals surface area (Å²) in [6.07, 6.45) is 0. The first-order valence-electron chi connectivity index (χ1n) is 6.69. The highest BCUT2D eigenvalue weighted by molar-refractivity contribution is 7.81. The normalized spacial score (nSPS) is 19.6. The van der Waals surface area contributed by atoms with Gasteiger partial charge in [-0.05, 0) is 51.4 Å². The largest absolute Gasteiger partial charge is 0.494 e. The SMILES string of the molecule is CC1(C)OB(c2cc(OS(=O)(=O)F)cc(C(=O)O)c2)OC1(C)C. The maximum atomic E-state index is 12.7. The van der Waals surface area contributed by atoms with Crippen molar-refractivity contribution in [3.63, 3.8) is 0 Å². The van der Waals surface area contributed by atoms with E-state index < -0.39 is 40.5 Å². The molecule has 0 aromatic heterocycles. The molecule has 0 spiro atoms. The summed E-state index contributed by atoms with van der Waals surface area (Å²) in [5.41, 5.74) is -1.42. The van der Waals surface area contributed by atoms with Gasteiger partial charge in [0, 0.05) is 0 Å². The molecule has 126 valence electrons. The smallest absolute Gasteiger partial charge is 0.478 e. The van der Waals surface area contributed by atoms with E-state index in [2.05, 4.69) is 4.18 Å². The maximum absolute atomic E-state index is 12.7. The lowest BCUT2D eigenvalue weighted by atomic mass is 9.78. The van der Waals surface area contributed by atoms with Gasteiger partial charge in [0.1, 0.15) is 5.75 Å². The van der Waals surface area contributed by atoms with E-state index in [1.807, 2.05) is 0 Å². The van der Waals surface area contributed by atoms with Crippen molar-refractivity contribution in [1.82, 2.24) is 0 Å². The van der Waals surface area contributed by atoms with Crippen molar-refractivity contribution >= 4 is 29.1 Å². The molecular formula is C13H16BFO7S. The molecule has 0 unspecified atom stereocenters. The second-order valence-electron chi connectivity index (χ2n) is 6.16. The molecule has 0 saturated carbocycles. The molecule has 10 heteroatoms. The Morgan fingerprint density at radius 3 is 2.13 bits per heavy atom. The van der Waals surface area contributed by atoms with Crippen LogP contribution in [0.2, 0.25) is 0 Å². The third-order valence-corrected chi connectivity index (χ3v) is 4.29. The third kappa shape index (κ3) is 3.82. The highest BCUT2D eigenvalue weighted by Gasteiger charge is 2.51. The molecule has 0 bridgehead atoms. The van der Waals surface area contributed by atoms with Crippen molar-refractivity contribution in [1.29, 1.82) is 0 Å². The van der Waals surface area contributed by atoms with Crippen LogP contribution in [-0.2, 0) is 19.8 Å². The van der Waals surface area contributed by atoms with Gasteiger partial charge in [0.15, 0.2) is 0 Å². The molecule has 23 heavy (non-hydrogen) atoms. The van der Waals surface area contributed by atoms with Crippen LogP contribution in [0.4, 0.5) is 3.89 Å². The van der Waals surface area contributed by atoms with Gasteiger partial charge >= 0.3 is 23.6 Å². The molecular weight excluding hydrogens is 330 g/mol. The van der Waals surface area contributed by atoms with Crippen molar-refractivity contribution in [2.45, 2.75) is 38.9 Å². The number of rotatable bonds is 4. The van der Waals surface area contributed by atoms with E-state index in [0.717, 1.165) is 12.1 Å². The number of hydrogen-bond acceptors (Lipinski definition) is 6. The minimum Gasteiger partial charge on any atom is -0.478 e. The van der Waals surface area contributed by atoms with Gasteiger partial charge in [0.05, 0.1) is 16.8 Å². The van der Waals surface area contributed by atoms with Gasteiger partial charge in [-0.25, -0.2) is 4.79 Å². The highest BCUT2D eigenvalue weighted by Crippen LogP contribution is 2.36. The fraction of sp³-hybridized carbons (Fsp3) is 0.462. The number of benzene rings is 1. The summed E-state index contributed by atoms with van der Waals surface area (Å²) in [6.45, 7) is 7.21. The summed E-state index contributed by atoms with van der Waals surface area (Å²) in [5.74, 6) is -1.80. The predicted molar refractivity (Wildman–Crippen MR) is 79.8 cm³/mol. The van der Waals surface area contributed by atoms with Gasteiger partial charge in [-0.3, -0.25) is 0 Å². The Morgan fingerprint density at radius 2 is 1.70 bits per heavy atom. The van der Waals surface area contributed by atoms with E-state index in [4.69, 9.17) is 14.4 Å². The molecule has 1 aromatic rings. The predicted octanol–water partition coefficient (Wildman–Crippen LogP) is 1.28. The van der Waals surface area contributed by atoms with Gasteiger partial charge in [0.2, 0.25) is 0 Å². The first-order chi connectivity index (χ1) is 10.3. The lowest BCUT2D eigenvalue weighted by Crippen LogP contribution is -2.41. The van der Waals surface area contributed by atoms with Gasteiger partial charge in [-0.2, -0.15) is 8.42 Å². The van der Waals surface area contributed by atoms with E-state index >= 15 is 0 Å². The van der Waals surface area contributed by atoms with Crippen LogP contribution in [0.1, 0.15) is 38.1 Å². The Bertz CT molecular complexity index is 729. The molecule has 1 heterocycles. The number of aromatic carboxylic acids is 1. The molecule has 0 amide bonds. The summed E-state index contributed by atoms with van der Waals surface area (Å²) in [7, 11) is -6.22. The highest BCUT2D eigenvalue weighted by atomic mass is 32.3. The first-order valence-corrected chi connectivity index (χ1v) is 8.00. The van der Waals surface area contributed by atoms with Crippen molar-refractivity contribution in [2.24, 2.45) is 0 Å². The van der Waals surface area contributed by atoms with Gasteiger partial charge in [-0.15, -0.1) is 0 Å². The Balaban J connectivity index is 2.45. The Hall–Kier alpha value is -1.65. The quantitative estimate of drug-likeness (QED) is 0.648. The van der Waals surface area contributed by atoms with Crippen LogP contribution in [0.5, 0.6) is 5.75 Å². The Morgan fingerprint density at radius 1 is 1.17 bits per heavy atom. The summed E-state index contributed by atoms with van der Waals surface area (Å²) in [5, 5.41) is 9.10. The van der Waals surface area contributed by atoms with Crippen molar-refractivity contribution in [3.8, 4) is 5.75 Å². The van der Waals surface area contributed by atoms with E-state index in [1.54, 1.807) is 27.7 Å². The number of hydrogen-bond donors (Lipinski definition) is 1. The molecule has 1 aliphatic rings. The molecule has 2 rings (SSSR count). The van der Waals surface area contributed by atoms with Crippen LogP contribution < -0.4 is 9.65 Å². The minimum absolute atomic E-state index is 0.210. The zero-order valence-corrected chi connectivity index (χ0v) is 13.8. The van der Waals surface area contributed by atoms with Gasteiger partial charge in [-0.1, -0.05) is 3.89 Å². The number of carboxylic acids is 1. The van der Waals surface area contributed by atoms with E-state index in [-0.39, 0.29) is 11.0 Å². The molecule has 0 aliphatic carbocycles. The molecule has 1 aliphatic heterocycles. The molecule has 1 fully saturated rings. The maximum Gasteiger partial charge on any atom is 0.494 e. The van der Waals surface area contributed by atoms with E-state index in [9.17, 15) is 17.1 Å². The third-order valence-electron chi connectivity index (χ3n) is 3.90. The molecule has 7 nitrogen and oxygen atoms in total. The van der Waals surface area contributed by atoms with Crippen molar-refractivity contribution < 1.29 is 35.7 Å². The molecule has 1 N–H and O–H groups in total. The van der Waals surface area contributed by atoms with E-state index in [1.165, 1.54) is 6.07 Å². The van der Waals surface area contributed by atoms with Crippen LogP contribution in [0.3, 0.4) is 0 Å². The van der Waals surface area contributed by atoms with Gasteiger partial charge in [0.25, 0.3) is 0 Å². The minimum atomic E-state index is -5.28. The van der Waals surface area contributed by atoms with Crippen LogP contribution >= 0.6 is 0 Å². The second-order valence-corrected chi connectivity index (χ2v) is 7.11. The monoisotopic (exact) mass is 346 g/mol. The number of halogens is 1. The summed E-state index contributed by atoms with van der Waals surface area (Å²) < 4.78 is 49.6. The summed E-state index contributed by atoms with van der Waals surface area (Å²) in [4.78, 5) is 11.2. The molecule has 0 radical (unpaired) electrons. The fourth-order valence-corrected chi connectivity index (χ4v) is 2.35. The van der Waals surface area contributed by atoms with Crippen LogP contribution in [-0.4, -0.2) is 37.8 Å². The standard InChI is InChI=1S/C13H16BFO7S/c1-12(2)13(3,4)22-14(21-12)9-5-8(11(16)17)6-10(7-9)20-23(15,18)19/h5-7H,1-4H3,(H,16,17). The molecule has 0 atom stereocenters. The molecule has 1 aromatic carbocycles. The zero-order valence-electron chi connectivity index (χ0n) is 13.0. The lowest BCUT2D eigenvalue weighted by molar-refractivity contribution is 0.00578. The average Bonchev–Trinajstić information content (AvgIpc) is 2.56. The second kappa shape index (κ2) is 5.46. The van der Waals surface area contributed by atoms with Gasteiger partial charge < -0.3 is 18.6 Å². The zero-order chi connectivity index (χ0) is 17.6. The topological polar surface area (TPSA) is 99.1 Å². The Labute approximate surface area is 133 Å². The molecule has 1 saturated heterocycles. The van der Waals surface area contributed by atoms with Crippen molar-refractivity contribution in [2.75, 3.05) is 0 Å². The summed E-state index contributed by atoms with van der Waals surface area (Å²) in [6, 6.07) is 3.31. The fourth-order valence-electron chi connectivity index (χ4n) is 2.02.